The second-order valence-electron chi connectivity index (χ2n) is 6.85. The molecule has 0 fully saturated rings. The van der Waals surface area contributed by atoms with Crippen molar-refractivity contribution in [2.75, 3.05) is 12.4 Å². The molecule has 1 aromatic carbocycles. The number of aryl methyl sites for hydroxylation is 1. The molecular weight excluding hydrogens is 326 g/mol. The molecule has 1 aliphatic rings. The third kappa shape index (κ3) is 5.24. The van der Waals surface area contributed by atoms with Crippen LogP contribution in [-0.4, -0.2) is 41.0 Å². The van der Waals surface area contributed by atoms with Gasteiger partial charge in [-0.15, -0.1) is 11.8 Å². The van der Waals surface area contributed by atoms with E-state index in [0.717, 1.165) is 17.7 Å². The van der Waals surface area contributed by atoms with Gasteiger partial charge in [-0.1, -0.05) is 24.3 Å². The lowest BCUT2D eigenvalue weighted by Gasteiger charge is -2.26. The van der Waals surface area contributed by atoms with Crippen molar-refractivity contribution < 1.29 is 19.4 Å². The summed E-state index contributed by atoms with van der Waals surface area (Å²) in [4.78, 5) is 24.0. The van der Waals surface area contributed by atoms with E-state index in [1.54, 1.807) is 11.8 Å². The van der Waals surface area contributed by atoms with Crippen molar-refractivity contribution >= 4 is 23.6 Å². The third-order valence-corrected chi connectivity index (χ3v) is 5.03. The molecule has 0 bridgehead atoms. The van der Waals surface area contributed by atoms with Crippen LogP contribution in [0.25, 0.3) is 0 Å². The molecule has 2 rings (SSSR count). The van der Waals surface area contributed by atoms with Crippen LogP contribution < -0.4 is 5.32 Å². The van der Waals surface area contributed by atoms with Crippen LogP contribution in [0, 0.1) is 0 Å². The maximum atomic E-state index is 12.6. The first-order valence-electron chi connectivity index (χ1n) is 8.14. The van der Waals surface area contributed by atoms with Crippen LogP contribution in [0.3, 0.4) is 0 Å². The molecule has 0 radical (unpaired) electrons. The second kappa shape index (κ2) is 8.03. The van der Waals surface area contributed by atoms with Gasteiger partial charge in [-0.05, 0) is 44.1 Å². The lowest BCUT2D eigenvalue weighted by molar-refractivity contribution is -0.142. The SMILES string of the molecule is CC(C)(C)OCCC(NC(=O)C1SCCc2ccccc21)C(=O)O. The fourth-order valence-electron chi connectivity index (χ4n) is 2.60. The molecule has 0 aliphatic carbocycles. The Morgan fingerprint density at radius 3 is 2.75 bits per heavy atom. The van der Waals surface area contributed by atoms with Crippen LogP contribution in [0.15, 0.2) is 24.3 Å². The van der Waals surface area contributed by atoms with Gasteiger partial charge in [0.05, 0.1) is 5.60 Å². The van der Waals surface area contributed by atoms with Gasteiger partial charge in [0.1, 0.15) is 11.3 Å². The molecule has 1 heterocycles. The standard InChI is InChI=1S/C18H25NO4S/c1-18(2,3)23-10-8-14(17(21)22)19-16(20)15-13-7-5-4-6-12(13)9-11-24-15/h4-7,14-15H,8-11H2,1-3H3,(H,19,20)(H,21,22). The first-order chi connectivity index (χ1) is 11.3. The quantitative estimate of drug-likeness (QED) is 0.824. The van der Waals surface area contributed by atoms with Crippen LogP contribution in [0.4, 0.5) is 0 Å². The highest BCUT2D eigenvalue weighted by atomic mass is 32.2. The Morgan fingerprint density at radius 2 is 2.08 bits per heavy atom. The van der Waals surface area contributed by atoms with Gasteiger partial charge in [0.2, 0.25) is 5.91 Å². The number of ether oxygens (including phenoxy) is 1. The van der Waals surface area contributed by atoms with Gasteiger partial charge in [0.15, 0.2) is 0 Å². The fraction of sp³-hybridized carbons (Fsp3) is 0.556. The van der Waals surface area contributed by atoms with Crippen LogP contribution in [0.1, 0.15) is 43.6 Å². The highest BCUT2D eigenvalue weighted by Gasteiger charge is 2.30. The number of carboxylic acids is 1. The summed E-state index contributed by atoms with van der Waals surface area (Å²) in [6.45, 7) is 6.03. The van der Waals surface area contributed by atoms with E-state index >= 15 is 0 Å². The number of carboxylic acid groups (broad SMARTS) is 1. The minimum absolute atomic E-state index is 0.240. The Labute approximate surface area is 147 Å². The molecule has 24 heavy (non-hydrogen) atoms. The molecule has 0 saturated heterocycles. The van der Waals surface area contributed by atoms with Gasteiger partial charge in [-0.25, -0.2) is 4.79 Å². The summed E-state index contributed by atoms with van der Waals surface area (Å²) < 4.78 is 5.57. The zero-order chi connectivity index (χ0) is 17.7. The normalized spacial score (nSPS) is 18.5. The van der Waals surface area contributed by atoms with Gasteiger partial charge in [-0.3, -0.25) is 4.79 Å². The number of aliphatic carboxylic acids is 1. The first-order valence-corrected chi connectivity index (χ1v) is 9.19. The van der Waals surface area contributed by atoms with E-state index < -0.39 is 12.0 Å². The Bertz CT molecular complexity index is 597. The molecule has 6 heteroatoms. The molecule has 1 aromatic rings. The molecule has 0 aromatic heterocycles. The average molecular weight is 351 g/mol. The van der Waals surface area contributed by atoms with Crippen molar-refractivity contribution in [1.82, 2.24) is 5.32 Å². The van der Waals surface area contributed by atoms with E-state index in [0.29, 0.717) is 0 Å². The van der Waals surface area contributed by atoms with Crippen molar-refractivity contribution in [3.8, 4) is 0 Å². The third-order valence-electron chi connectivity index (χ3n) is 3.79. The van der Waals surface area contributed by atoms with Gasteiger partial charge in [-0.2, -0.15) is 0 Å². The van der Waals surface area contributed by atoms with Crippen molar-refractivity contribution in [1.29, 1.82) is 0 Å². The van der Waals surface area contributed by atoms with E-state index in [-0.39, 0.29) is 29.8 Å². The highest BCUT2D eigenvalue weighted by molar-refractivity contribution is 8.00. The first kappa shape index (κ1) is 18.8. The molecule has 1 amide bonds. The average Bonchev–Trinajstić information content (AvgIpc) is 2.52. The molecule has 2 unspecified atom stereocenters. The Morgan fingerprint density at radius 1 is 1.38 bits per heavy atom. The molecular formula is C18H25NO4S. The number of thioether (sulfide) groups is 1. The fourth-order valence-corrected chi connectivity index (χ4v) is 3.80. The molecule has 0 spiro atoms. The Balaban J connectivity index is 2.00. The Kier molecular flexibility index (Phi) is 6.29. The maximum Gasteiger partial charge on any atom is 0.326 e. The summed E-state index contributed by atoms with van der Waals surface area (Å²) in [7, 11) is 0. The minimum Gasteiger partial charge on any atom is -0.480 e. The van der Waals surface area contributed by atoms with Gasteiger partial charge >= 0.3 is 5.97 Å². The lowest BCUT2D eigenvalue weighted by Crippen LogP contribution is -2.44. The number of nitrogens with one attached hydrogen (secondary N) is 1. The van der Waals surface area contributed by atoms with Crippen molar-refractivity contribution in [2.45, 2.75) is 50.5 Å². The number of carbonyl (C=O) groups is 2. The second-order valence-corrected chi connectivity index (χ2v) is 8.06. The highest BCUT2D eigenvalue weighted by Crippen LogP contribution is 2.36. The van der Waals surface area contributed by atoms with Crippen molar-refractivity contribution in [2.24, 2.45) is 0 Å². The predicted octanol–water partition coefficient (Wildman–Crippen LogP) is 2.79. The van der Waals surface area contributed by atoms with Crippen molar-refractivity contribution in [3.05, 3.63) is 35.4 Å². The summed E-state index contributed by atoms with van der Waals surface area (Å²) in [6, 6.07) is 6.92. The molecule has 0 saturated carbocycles. The van der Waals surface area contributed by atoms with Crippen LogP contribution in [-0.2, 0) is 20.7 Å². The van der Waals surface area contributed by atoms with Gasteiger partial charge in [0, 0.05) is 13.0 Å². The number of carbonyl (C=O) groups excluding carboxylic acids is 1. The number of amides is 1. The summed E-state index contributed by atoms with van der Waals surface area (Å²) in [6.07, 6.45) is 1.18. The summed E-state index contributed by atoms with van der Waals surface area (Å²) in [5.41, 5.74) is 1.83. The number of hydrogen-bond acceptors (Lipinski definition) is 4. The van der Waals surface area contributed by atoms with Gasteiger partial charge < -0.3 is 15.2 Å². The predicted molar refractivity (Wildman–Crippen MR) is 95.2 cm³/mol. The van der Waals surface area contributed by atoms with E-state index in [1.165, 1.54) is 5.56 Å². The molecule has 5 nitrogen and oxygen atoms in total. The number of fused-ring (bicyclic) bond motifs is 1. The summed E-state index contributed by atoms with van der Waals surface area (Å²) in [5.74, 6) is -0.412. The number of benzene rings is 1. The van der Waals surface area contributed by atoms with Crippen LogP contribution in [0.2, 0.25) is 0 Å². The zero-order valence-corrected chi connectivity index (χ0v) is 15.2. The van der Waals surface area contributed by atoms with E-state index in [4.69, 9.17) is 4.74 Å². The maximum absolute atomic E-state index is 12.6. The summed E-state index contributed by atoms with van der Waals surface area (Å²) in [5, 5.41) is 11.7. The minimum atomic E-state index is -1.03. The largest absolute Gasteiger partial charge is 0.480 e. The van der Waals surface area contributed by atoms with Gasteiger partial charge in [0.25, 0.3) is 0 Å². The Hall–Kier alpha value is -1.53. The van der Waals surface area contributed by atoms with E-state index in [9.17, 15) is 14.7 Å². The smallest absolute Gasteiger partial charge is 0.326 e. The lowest BCUT2D eigenvalue weighted by atomic mass is 10.0. The monoisotopic (exact) mass is 351 g/mol. The van der Waals surface area contributed by atoms with Crippen molar-refractivity contribution in [3.63, 3.8) is 0 Å². The molecule has 2 atom stereocenters. The molecule has 2 N–H and O–H groups in total. The van der Waals surface area contributed by atoms with Crippen LogP contribution >= 0.6 is 11.8 Å². The molecule has 132 valence electrons. The number of rotatable bonds is 6. The topological polar surface area (TPSA) is 75.6 Å². The van der Waals surface area contributed by atoms with Crippen LogP contribution in [0.5, 0.6) is 0 Å². The molecule has 1 aliphatic heterocycles. The zero-order valence-electron chi connectivity index (χ0n) is 14.4. The van der Waals surface area contributed by atoms with E-state index in [2.05, 4.69) is 5.32 Å². The van der Waals surface area contributed by atoms with E-state index in [1.807, 2.05) is 45.0 Å². The number of hydrogen-bond donors (Lipinski definition) is 2. The summed E-state index contributed by atoms with van der Waals surface area (Å²) >= 11 is 1.56.